The average molecular weight is 419 g/mol. The van der Waals surface area contributed by atoms with Crippen molar-refractivity contribution in [2.75, 3.05) is 0 Å². The van der Waals surface area contributed by atoms with E-state index in [1.165, 1.54) is 0 Å². The minimum absolute atomic E-state index is 0. The second-order valence-electron chi connectivity index (χ2n) is 1.00. The molecule has 0 N–H and O–H groups in total. The maximum Gasteiger partial charge on any atom is 2.00 e. The number of hydrogen-bond donors (Lipinski definition) is 0. The smallest absolute Gasteiger partial charge is 1.00 e. The molecule has 0 saturated carbocycles. The van der Waals surface area contributed by atoms with E-state index in [9.17, 15) is 0 Å². The van der Waals surface area contributed by atoms with Gasteiger partial charge in [-0.15, -0.1) is 6.42 Å². The molecule has 0 unspecified atom stereocenters. The van der Waals surface area contributed by atoms with Crippen molar-refractivity contribution in [1.82, 2.24) is 0 Å². The Hall–Kier alpha value is -0.342. The third kappa shape index (κ3) is 50.1. The molecule has 0 aromatic rings. The normalized spacial score (nSPS) is 7.69. The fraction of sp³-hybridized carbons (Fsp3) is 0.125. The van der Waals surface area contributed by atoms with Crippen LogP contribution in [0.5, 0.6) is 0 Å². The first-order valence-corrected chi connectivity index (χ1v) is 2.58. The topological polar surface area (TPSA) is 51.2 Å². The maximum atomic E-state index is 8.00. The SMILES string of the molecule is C=O.C=O.C=O.[Br-].[C-]1=CC=CC1.[W+2]. The van der Waals surface area contributed by atoms with Gasteiger partial charge in [0.05, 0.1) is 0 Å². The van der Waals surface area contributed by atoms with Gasteiger partial charge in [0.25, 0.3) is 0 Å². The first kappa shape index (κ1) is 29.3. The van der Waals surface area contributed by atoms with Gasteiger partial charge < -0.3 is 31.4 Å². The molecule has 0 bridgehead atoms. The van der Waals surface area contributed by atoms with E-state index in [1.807, 2.05) is 32.5 Å². The molecule has 0 atom stereocenters. The summed E-state index contributed by atoms with van der Waals surface area (Å²) < 4.78 is 0. The second-order valence-corrected chi connectivity index (χ2v) is 1.00. The molecule has 0 fully saturated rings. The minimum atomic E-state index is 0. The summed E-state index contributed by atoms with van der Waals surface area (Å²) >= 11 is 0. The van der Waals surface area contributed by atoms with Crippen LogP contribution < -0.4 is 17.0 Å². The molecule has 3 nitrogen and oxygen atoms in total. The van der Waals surface area contributed by atoms with Gasteiger partial charge in [0, 0.05) is 0 Å². The standard InChI is InChI=1S/C5H5.3CH2O.BrH.W/c1-2-4-5-3-1;3*1-2;;/h1-3H,4H2;3*1H2;1H;/q-1;;;;;+2/p-1. The third-order valence-corrected chi connectivity index (χ3v) is 0.586. The molecule has 5 heteroatoms. The van der Waals surface area contributed by atoms with Crippen molar-refractivity contribution in [3.63, 3.8) is 0 Å². The van der Waals surface area contributed by atoms with Gasteiger partial charge in [0.2, 0.25) is 0 Å². The summed E-state index contributed by atoms with van der Waals surface area (Å²) in [6, 6.07) is 0. The third-order valence-electron chi connectivity index (χ3n) is 0.586. The summed E-state index contributed by atoms with van der Waals surface area (Å²) in [5.74, 6) is 0. The number of carbonyl (C=O) groups is 3. The molecule has 1 rings (SSSR count). The zero-order valence-corrected chi connectivity index (χ0v) is 11.6. The van der Waals surface area contributed by atoms with E-state index in [0.717, 1.165) is 6.42 Å². The van der Waals surface area contributed by atoms with E-state index >= 15 is 0 Å². The van der Waals surface area contributed by atoms with Crippen LogP contribution in [0.4, 0.5) is 0 Å². The van der Waals surface area contributed by atoms with Crippen molar-refractivity contribution in [1.29, 1.82) is 0 Å². The first-order valence-electron chi connectivity index (χ1n) is 2.58. The van der Waals surface area contributed by atoms with Gasteiger partial charge in [-0.1, -0.05) is 0 Å². The number of hydrogen-bond acceptors (Lipinski definition) is 3. The van der Waals surface area contributed by atoms with Crippen LogP contribution in [0.25, 0.3) is 0 Å². The van der Waals surface area contributed by atoms with Crippen molar-refractivity contribution in [3.05, 3.63) is 24.3 Å². The Morgan fingerprint density at radius 1 is 1.00 bits per heavy atom. The van der Waals surface area contributed by atoms with Crippen LogP contribution in [0.3, 0.4) is 0 Å². The predicted octanol–water partition coefficient (Wildman–Crippen LogP) is -2.25. The molecule has 0 heterocycles. The molecular weight excluding hydrogens is 408 g/mol. The Morgan fingerprint density at radius 2 is 1.38 bits per heavy atom. The monoisotopic (exact) mass is 418 g/mol. The zero-order chi connectivity index (χ0) is 9.54. The number of allylic oxidation sites excluding steroid dienone is 4. The molecule has 0 saturated heterocycles. The molecule has 1 aliphatic carbocycles. The Balaban J connectivity index is -0.0000000239. The van der Waals surface area contributed by atoms with Crippen LogP contribution in [-0.2, 0) is 35.4 Å². The number of halogens is 1. The second kappa shape index (κ2) is 61.0. The van der Waals surface area contributed by atoms with Crippen LogP contribution in [-0.4, -0.2) is 20.4 Å². The fourth-order valence-electron chi connectivity index (χ4n) is 0.340. The van der Waals surface area contributed by atoms with E-state index < -0.39 is 0 Å². The largest absolute Gasteiger partial charge is 2.00 e. The predicted molar refractivity (Wildman–Crippen MR) is 42.9 cm³/mol. The Morgan fingerprint density at radius 3 is 1.46 bits per heavy atom. The first-order chi connectivity index (χ1) is 5.50. The number of carbonyl (C=O) groups excluding carboxylic acids is 3. The van der Waals surface area contributed by atoms with E-state index in [2.05, 4.69) is 12.2 Å². The average Bonchev–Trinajstić information content (AvgIpc) is 2.71. The van der Waals surface area contributed by atoms with Crippen molar-refractivity contribution >= 4 is 20.4 Å². The van der Waals surface area contributed by atoms with Gasteiger partial charge in [-0.05, 0) is 0 Å². The maximum absolute atomic E-state index is 8.00. The van der Waals surface area contributed by atoms with Crippen LogP contribution in [0.1, 0.15) is 6.42 Å². The molecule has 0 aliphatic heterocycles. The summed E-state index contributed by atoms with van der Waals surface area (Å²) in [4.78, 5) is 24.0. The Labute approximate surface area is 103 Å². The molecule has 0 aromatic carbocycles. The Bertz CT molecular complexity index is 103. The van der Waals surface area contributed by atoms with E-state index in [1.54, 1.807) is 0 Å². The quantitative estimate of drug-likeness (QED) is 0.418. The molecule has 1 aliphatic rings. The summed E-state index contributed by atoms with van der Waals surface area (Å²) in [6.07, 6.45) is 10.0. The molecule has 0 aromatic heterocycles. The van der Waals surface area contributed by atoms with Gasteiger partial charge in [0.1, 0.15) is 20.4 Å². The van der Waals surface area contributed by atoms with Gasteiger partial charge >= 0.3 is 21.1 Å². The van der Waals surface area contributed by atoms with Crippen molar-refractivity contribution in [3.8, 4) is 0 Å². The van der Waals surface area contributed by atoms with Gasteiger partial charge in [-0.3, -0.25) is 6.08 Å². The summed E-state index contributed by atoms with van der Waals surface area (Å²) in [7, 11) is 0. The van der Waals surface area contributed by atoms with Crippen LogP contribution >= 0.6 is 0 Å². The van der Waals surface area contributed by atoms with Crippen LogP contribution in [0, 0.1) is 6.08 Å². The number of rotatable bonds is 0. The minimum Gasteiger partial charge on any atom is -1.00 e. The van der Waals surface area contributed by atoms with Gasteiger partial charge in [-0.2, -0.15) is 6.08 Å². The molecule has 13 heavy (non-hydrogen) atoms. The molecule has 0 amide bonds. The van der Waals surface area contributed by atoms with Gasteiger partial charge in [0.15, 0.2) is 0 Å². The fourth-order valence-corrected chi connectivity index (χ4v) is 0.340. The van der Waals surface area contributed by atoms with E-state index in [0.29, 0.717) is 0 Å². The van der Waals surface area contributed by atoms with Gasteiger partial charge in [-0.25, -0.2) is 12.2 Å². The Kier molecular flexibility index (Phi) is 138. The van der Waals surface area contributed by atoms with E-state index in [4.69, 9.17) is 14.4 Å². The molecular formula is C8H11BrO3W. The van der Waals surface area contributed by atoms with Crippen LogP contribution in [0.15, 0.2) is 18.2 Å². The van der Waals surface area contributed by atoms with E-state index in [-0.39, 0.29) is 38.0 Å². The van der Waals surface area contributed by atoms with Crippen molar-refractivity contribution in [2.45, 2.75) is 6.42 Å². The zero-order valence-electron chi connectivity index (χ0n) is 7.07. The van der Waals surface area contributed by atoms with Crippen LogP contribution in [0.2, 0.25) is 0 Å². The molecule has 0 radical (unpaired) electrons. The van der Waals surface area contributed by atoms with Crippen molar-refractivity contribution < 1.29 is 52.4 Å². The molecule has 0 spiro atoms. The summed E-state index contributed by atoms with van der Waals surface area (Å²) in [6.45, 7) is 6.00. The molecule has 74 valence electrons. The van der Waals surface area contributed by atoms with Crippen molar-refractivity contribution in [2.24, 2.45) is 0 Å². The summed E-state index contributed by atoms with van der Waals surface area (Å²) in [5, 5.41) is 0. The summed E-state index contributed by atoms with van der Waals surface area (Å²) in [5.41, 5.74) is 0.